The van der Waals surface area contributed by atoms with Gasteiger partial charge in [0.15, 0.2) is 0 Å². The highest BCUT2D eigenvalue weighted by Crippen LogP contribution is 2.24. The fraction of sp³-hybridized carbons (Fsp3) is 0.750. The van der Waals surface area contributed by atoms with Crippen LogP contribution in [0.5, 0.6) is 0 Å². The molecular formula is C12H20O. The summed E-state index contributed by atoms with van der Waals surface area (Å²) in [7, 11) is 0. The summed E-state index contributed by atoms with van der Waals surface area (Å²) in [4.78, 5) is 11.3. The number of carbonyl (C=O) groups is 1. The quantitative estimate of drug-likeness (QED) is 0.467. The van der Waals surface area contributed by atoms with Crippen LogP contribution < -0.4 is 0 Å². The van der Waals surface area contributed by atoms with Gasteiger partial charge in [-0.1, -0.05) is 31.9 Å². The summed E-state index contributed by atoms with van der Waals surface area (Å²) in [5.74, 6) is 0.845. The SMILES string of the molecule is CCCC/C=C/CC1CCCC1=O. The second-order valence-corrected chi connectivity index (χ2v) is 3.90. The molecule has 1 atom stereocenters. The van der Waals surface area contributed by atoms with Gasteiger partial charge in [-0.2, -0.15) is 0 Å². The Balaban J connectivity index is 2.10. The summed E-state index contributed by atoms with van der Waals surface area (Å²) in [5.41, 5.74) is 0. The van der Waals surface area contributed by atoms with Gasteiger partial charge in [0.2, 0.25) is 0 Å². The van der Waals surface area contributed by atoms with Gasteiger partial charge in [-0.3, -0.25) is 4.79 Å². The highest BCUT2D eigenvalue weighted by atomic mass is 16.1. The van der Waals surface area contributed by atoms with Gasteiger partial charge in [-0.05, 0) is 25.7 Å². The van der Waals surface area contributed by atoms with Crippen LogP contribution in [-0.2, 0) is 4.79 Å². The Morgan fingerprint density at radius 2 is 2.31 bits per heavy atom. The molecule has 1 nitrogen and oxygen atoms in total. The number of unbranched alkanes of at least 4 members (excludes halogenated alkanes) is 2. The number of rotatable bonds is 5. The van der Waals surface area contributed by atoms with E-state index in [4.69, 9.17) is 0 Å². The fourth-order valence-corrected chi connectivity index (χ4v) is 1.84. The molecule has 0 N–H and O–H groups in total. The van der Waals surface area contributed by atoms with Crippen molar-refractivity contribution < 1.29 is 4.79 Å². The van der Waals surface area contributed by atoms with E-state index in [2.05, 4.69) is 19.1 Å². The molecule has 0 amide bonds. The first-order valence-electron chi connectivity index (χ1n) is 5.52. The molecule has 1 aliphatic rings. The molecule has 1 unspecified atom stereocenters. The highest BCUT2D eigenvalue weighted by Gasteiger charge is 2.22. The number of carbonyl (C=O) groups excluding carboxylic acids is 1. The smallest absolute Gasteiger partial charge is 0.136 e. The van der Waals surface area contributed by atoms with E-state index < -0.39 is 0 Å². The monoisotopic (exact) mass is 180 g/mol. The Hall–Kier alpha value is -0.590. The first kappa shape index (κ1) is 10.5. The molecular weight excluding hydrogens is 160 g/mol. The average molecular weight is 180 g/mol. The standard InChI is InChI=1S/C12H20O/c1-2-3-4-5-6-8-11-9-7-10-12(11)13/h5-6,11H,2-4,7-10H2,1H3/b6-5+. The number of Topliss-reactive ketones (excluding diaryl/α,β-unsaturated/α-hetero) is 1. The van der Waals surface area contributed by atoms with E-state index >= 15 is 0 Å². The van der Waals surface area contributed by atoms with Crippen molar-refractivity contribution in [1.29, 1.82) is 0 Å². The van der Waals surface area contributed by atoms with Gasteiger partial charge < -0.3 is 0 Å². The Morgan fingerprint density at radius 3 is 2.92 bits per heavy atom. The molecule has 1 aliphatic carbocycles. The van der Waals surface area contributed by atoms with Crippen LogP contribution in [0.25, 0.3) is 0 Å². The Kier molecular flexibility index (Phi) is 4.81. The number of ketones is 1. The molecule has 0 spiro atoms. The maximum absolute atomic E-state index is 11.3. The van der Waals surface area contributed by atoms with E-state index in [0.717, 1.165) is 25.7 Å². The van der Waals surface area contributed by atoms with E-state index in [1.54, 1.807) is 0 Å². The molecule has 0 aromatic carbocycles. The van der Waals surface area contributed by atoms with Crippen molar-refractivity contribution in [3.8, 4) is 0 Å². The minimum atomic E-state index is 0.359. The summed E-state index contributed by atoms with van der Waals surface area (Å²) in [6, 6.07) is 0. The molecule has 0 radical (unpaired) electrons. The summed E-state index contributed by atoms with van der Waals surface area (Å²) in [6.45, 7) is 2.20. The van der Waals surface area contributed by atoms with Crippen molar-refractivity contribution in [2.24, 2.45) is 5.92 Å². The fourth-order valence-electron chi connectivity index (χ4n) is 1.84. The Morgan fingerprint density at radius 1 is 1.46 bits per heavy atom. The third kappa shape index (κ3) is 3.75. The first-order chi connectivity index (χ1) is 6.34. The zero-order valence-electron chi connectivity index (χ0n) is 8.59. The van der Waals surface area contributed by atoms with Gasteiger partial charge >= 0.3 is 0 Å². The van der Waals surface area contributed by atoms with Crippen molar-refractivity contribution in [3.63, 3.8) is 0 Å². The lowest BCUT2D eigenvalue weighted by Gasteiger charge is -2.01. The van der Waals surface area contributed by atoms with E-state index in [1.165, 1.54) is 19.3 Å². The lowest BCUT2D eigenvalue weighted by Crippen LogP contribution is -2.03. The average Bonchev–Trinajstić information content (AvgIpc) is 2.52. The number of hydrogen-bond acceptors (Lipinski definition) is 1. The molecule has 0 bridgehead atoms. The van der Waals surface area contributed by atoms with Crippen LogP contribution in [0.3, 0.4) is 0 Å². The van der Waals surface area contributed by atoms with Gasteiger partial charge in [-0.25, -0.2) is 0 Å². The van der Waals surface area contributed by atoms with Crippen LogP contribution in [0.4, 0.5) is 0 Å². The topological polar surface area (TPSA) is 17.1 Å². The zero-order valence-corrected chi connectivity index (χ0v) is 8.59. The molecule has 0 aliphatic heterocycles. The summed E-state index contributed by atoms with van der Waals surface area (Å²) < 4.78 is 0. The van der Waals surface area contributed by atoms with Crippen LogP contribution >= 0.6 is 0 Å². The maximum atomic E-state index is 11.3. The summed E-state index contributed by atoms with van der Waals surface area (Å²) in [5, 5.41) is 0. The Labute approximate surface area is 81.2 Å². The van der Waals surface area contributed by atoms with Crippen LogP contribution in [0.2, 0.25) is 0 Å². The third-order valence-electron chi connectivity index (χ3n) is 2.74. The van der Waals surface area contributed by atoms with E-state index in [-0.39, 0.29) is 0 Å². The minimum Gasteiger partial charge on any atom is -0.299 e. The highest BCUT2D eigenvalue weighted by molar-refractivity contribution is 5.82. The number of hydrogen-bond donors (Lipinski definition) is 0. The predicted molar refractivity (Wildman–Crippen MR) is 55.6 cm³/mol. The second kappa shape index (κ2) is 5.95. The molecule has 74 valence electrons. The lowest BCUT2D eigenvalue weighted by atomic mass is 10.0. The number of allylic oxidation sites excluding steroid dienone is 2. The molecule has 0 aromatic heterocycles. The molecule has 0 aromatic rings. The van der Waals surface area contributed by atoms with Gasteiger partial charge in [0.25, 0.3) is 0 Å². The van der Waals surface area contributed by atoms with Crippen LogP contribution in [0, 0.1) is 5.92 Å². The Bertz CT molecular complexity index is 182. The van der Waals surface area contributed by atoms with E-state index in [1.807, 2.05) is 0 Å². The van der Waals surface area contributed by atoms with Crippen LogP contribution in [0.15, 0.2) is 12.2 Å². The molecule has 1 rings (SSSR count). The maximum Gasteiger partial charge on any atom is 0.136 e. The van der Waals surface area contributed by atoms with Crippen molar-refractivity contribution in [1.82, 2.24) is 0 Å². The van der Waals surface area contributed by atoms with Crippen molar-refractivity contribution in [2.45, 2.75) is 51.9 Å². The van der Waals surface area contributed by atoms with Gasteiger partial charge in [0, 0.05) is 12.3 Å². The first-order valence-corrected chi connectivity index (χ1v) is 5.52. The third-order valence-corrected chi connectivity index (χ3v) is 2.74. The van der Waals surface area contributed by atoms with Crippen molar-refractivity contribution in [2.75, 3.05) is 0 Å². The van der Waals surface area contributed by atoms with E-state index in [0.29, 0.717) is 11.7 Å². The normalized spacial score (nSPS) is 23.2. The molecule has 13 heavy (non-hydrogen) atoms. The van der Waals surface area contributed by atoms with Crippen LogP contribution in [0.1, 0.15) is 51.9 Å². The molecule has 1 saturated carbocycles. The lowest BCUT2D eigenvalue weighted by molar-refractivity contribution is -0.120. The van der Waals surface area contributed by atoms with E-state index in [9.17, 15) is 4.79 Å². The molecule has 0 saturated heterocycles. The van der Waals surface area contributed by atoms with Crippen LogP contribution in [-0.4, -0.2) is 5.78 Å². The molecule has 1 fully saturated rings. The molecule has 1 heteroatoms. The summed E-state index contributed by atoms with van der Waals surface area (Å²) in [6.07, 6.45) is 12.2. The van der Waals surface area contributed by atoms with Gasteiger partial charge in [-0.15, -0.1) is 0 Å². The van der Waals surface area contributed by atoms with Crippen molar-refractivity contribution in [3.05, 3.63) is 12.2 Å². The zero-order chi connectivity index (χ0) is 9.52. The van der Waals surface area contributed by atoms with Gasteiger partial charge in [0.05, 0.1) is 0 Å². The van der Waals surface area contributed by atoms with Gasteiger partial charge in [0.1, 0.15) is 5.78 Å². The van der Waals surface area contributed by atoms with Crippen molar-refractivity contribution >= 4 is 5.78 Å². The largest absolute Gasteiger partial charge is 0.299 e. The second-order valence-electron chi connectivity index (χ2n) is 3.90. The molecule has 0 heterocycles. The summed E-state index contributed by atoms with van der Waals surface area (Å²) >= 11 is 0. The predicted octanol–water partition coefficient (Wildman–Crippen LogP) is 3.49. The minimum absolute atomic E-state index is 0.359.